The minimum atomic E-state index is 0.397. The average Bonchev–Trinajstić information content (AvgIpc) is 2.67. The van der Waals surface area contributed by atoms with Crippen molar-refractivity contribution >= 4 is 5.91 Å². The van der Waals surface area contributed by atoms with E-state index in [1.54, 1.807) is 0 Å². The van der Waals surface area contributed by atoms with E-state index in [1.165, 1.54) is 25.7 Å². The van der Waals surface area contributed by atoms with Crippen LogP contribution in [-0.4, -0.2) is 23.9 Å². The van der Waals surface area contributed by atoms with Gasteiger partial charge in [0.15, 0.2) is 0 Å². The van der Waals surface area contributed by atoms with E-state index in [0.29, 0.717) is 23.7 Å². The Kier molecular flexibility index (Phi) is 6.01. The third-order valence-corrected chi connectivity index (χ3v) is 3.53. The first kappa shape index (κ1) is 14.5. The van der Waals surface area contributed by atoms with Crippen LogP contribution in [0.5, 0.6) is 0 Å². The molecule has 1 heterocycles. The molecule has 100 valence electrons. The largest absolute Gasteiger partial charge is 0.343 e. The first-order valence-electron chi connectivity index (χ1n) is 7.26. The standard InChI is InChI=1S/C15H29NO/c1-12(2)9-14(10-13(3)4)11-15(17)16-7-5-6-8-16/h12-14H,5-11H2,1-4H3. The average molecular weight is 239 g/mol. The Hall–Kier alpha value is -0.530. The summed E-state index contributed by atoms with van der Waals surface area (Å²) in [4.78, 5) is 14.2. The summed E-state index contributed by atoms with van der Waals surface area (Å²) in [6.45, 7) is 11.0. The highest BCUT2D eigenvalue weighted by atomic mass is 16.2. The normalized spacial score (nSPS) is 16.5. The Morgan fingerprint density at radius 3 is 1.88 bits per heavy atom. The smallest absolute Gasteiger partial charge is 0.222 e. The maximum Gasteiger partial charge on any atom is 0.222 e. The minimum Gasteiger partial charge on any atom is -0.343 e. The number of rotatable bonds is 6. The quantitative estimate of drug-likeness (QED) is 0.692. The van der Waals surface area contributed by atoms with Crippen molar-refractivity contribution in [3.8, 4) is 0 Å². The van der Waals surface area contributed by atoms with Gasteiger partial charge in [0.25, 0.3) is 0 Å². The molecule has 1 fully saturated rings. The number of hydrogen-bond donors (Lipinski definition) is 0. The van der Waals surface area contributed by atoms with E-state index in [2.05, 4.69) is 32.6 Å². The van der Waals surface area contributed by atoms with E-state index >= 15 is 0 Å². The molecule has 1 aliphatic heterocycles. The second-order valence-electron chi connectivity index (χ2n) is 6.42. The van der Waals surface area contributed by atoms with Crippen molar-refractivity contribution in [1.29, 1.82) is 0 Å². The molecule has 1 amide bonds. The first-order chi connectivity index (χ1) is 7.99. The zero-order valence-corrected chi connectivity index (χ0v) is 12.0. The molecule has 1 saturated heterocycles. The summed E-state index contributed by atoms with van der Waals surface area (Å²) in [5, 5.41) is 0. The van der Waals surface area contributed by atoms with Gasteiger partial charge in [0, 0.05) is 19.5 Å². The lowest BCUT2D eigenvalue weighted by Crippen LogP contribution is -2.30. The van der Waals surface area contributed by atoms with Gasteiger partial charge in [0.1, 0.15) is 0 Å². The summed E-state index contributed by atoms with van der Waals surface area (Å²) in [7, 11) is 0. The molecule has 1 aliphatic rings. The molecule has 0 aromatic carbocycles. The molecule has 0 unspecified atom stereocenters. The van der Waals surface area contributed by atoms with Crippen molar-refractivity contribution in [2.75, 3.05) is 13.1 Å². The molecule has 0 atom stereocenters. The van der Waals surface area contributed by atoms with Gasteiger partial charge >= 0.3 is 0 Å². The maximum atomic E-state index is 12.1. The lowest BCUT2D eigenvalue weighted by molar-refractivity contribution is -0.131. The maximum absolute atomic E-state index is 12.1. The van der Waals surface area contributed by atoms with Crippen molar-refractivity contribution in [2.45, 2.75) is 59.8 Å². The van der Waals surface area contributed by atoms with E-state index < -0.39 is 0 Å². The zero-order valence-electron chi connectivity index (χ0n) is 12.0. The summed E-state index contributed by atoms with van der Waals surface area (Å²) in [6, 6.07) is 0. The monoisotopic (exact) mass is 239 g/mol. The number of carbonyl (C=O) groups is 1. The van der Waals surface area contributed by atoms with Gasteiger partial charge in [0.05, 0.1) is 0 Å². The fourth-order valence-corrected chi connectivity index (χ4v) is 2.94. The molecule has 0 aromatic heterocycles. The summed E-state index contributed by atoms with van der Waals surface area (Å²) < 4.78 is 0. The van der Waals surface area contributed by atoms with Gasteiger partial charge < -0.3 is 4.90 Å². The number of amides is 1. The lowest BCUT2D eigenvalue weighted by Gasteiger charge is -2.23. The molecule has 0 aliphatic carbocycles. The number of carbonyl (C=O) groups excluding carboxylic acids is 1. The predicted octanol–water partition coefficient (Wildman–Crippen LogP) is 3.71. The molecule has 0 radical (unpaired) electrons. The molecule has 17 heavy (non-hydrogen) atoms. The van der Waals surface area contributed by atoms with Crippen LogP contribution >= 0.6 is 0 Å². The van der Waals surface area contributed by atoms with Gasteiger partial charge in [-0.3, -0.25) is 4.79 Å². The molecule has 1 rings (SSSR count). The Bertz CT molecular complexity index is 219. The molecule has 2 nitrogen and oxygen atoms in total. The van der Waals surface area contributed by atoms with Gasteiger partial charge in [-0.05, 0) is 43.4 Å². The Morgan fingerprint density at radius 2 is 1.47 bits per heavy atom. The van der Waals surface area contributed by atoms with Crippen LogP contribution in [0.3, 0.4) is 0 Å². The number of likely N-dealkylation sites (tertiary alicyclic amines) is 1. The Morgan fingerprint density at radius 1 is 1.00 bits per heavy atom. The topological polar surface area (TPSA) is 20.3 Å². The lowest BCUT2D eigenvalue weighted by atomic mass is 9.87. The zero-order chi connectivity index (χ0) is 12.8. The van der Waals surface area contributed by atoms with Crippen LogP contribution in [0.15, 0.2) is 0 Å². The molecule has 0 bridgehead atoms. The highest BCUT2D eigenvalue weighted by Crippen LogP contribution is 2.24. The molecule has 0 saturated carbocycles. The van der Waals surface area contributed by atoms with E-state index in [1.807, 2.05) is 0 Å². The van der Waals surface area contributed by atoms with E-state index in [4.69, 9.17) is 0 Å². The Labute approximate surface area is 107 Å². The second-order valence-corrected chi connectivity index (χ2v) is 6.42. The molecule has 0 N–H and O–H groups in total. The SMILES string of the molecule is CC(C)CC(CC(=O)N1CCCC1)CC(C)C. The van der Waals surface area contributed by atoms with E-state index in [-0.39, 0.29) is 0 Å². The molecule has 0 aromatic rings. The molecule has 2 heteroatoms. The summed E-state index contributed by atoms with van der Waals surface area (Å²) in [5.41, 5.74) is 0. The summed E-state index contributed by atoms with van der Waals surface area (Å²) in [5.74, 6) is 2.38. The van der Waals surface area contributed by atoms with Crippen LogP contribution in [0.2, 0.25) is 0 Å². The summed E-state index contributed by atoms with van der Waals surface area (Å²) >= 11 is 0. The van der Waals surface area contributed by atoms with Gasteiger partial charge in [-0.25, -0.2) is 0 Å². The number of hydrogen-bond acceptors (Lipinski definition) is 1. The fraction of sp³-hybridized carbons (Fsp3) is 0.933. The van der Waals surface area contributed by atoms with Crippen molar-refractivity contribution < 1.29 is 4.79 Å². The van der Waals surface area contributed by atoms with Crippen LogP contribution in [0.4, 0.5) is 0 Å². The first-order valence-corrected chi connectivity index (χ1v) is 7.26. The number of nitrogens with zero attached hydrogens (tertiary/aromatic N) is 1. The van der Waals surface area contributed by atoms with Gasteiger partial charge in [0.2, 0.25) is 5.91 Å². The molecular weight excluding hydrogens is 210 g/mol. The van der Waals surface area contributed by atoms with Crippen molar-refractivity contribution in [3.05, 3.63) is 0 Å². The van der Waals surface area contributed by atoms with Crippen LogP contribution in [0, 0.1) is 17.8 Å². The van der Waals surface area contributed by atoms with E-state index in [9.17, 15) is 4.79 Å². The van der Waals surface area contributed by atoms with Gasteiger partial charge in [-0.15, -0.1) is 0 Å². The van der Waals surface area contributed by atoms with Crippen LogP contribution < -0.4 is 0 Å². The molecule has 0 spiro atoms. The van der Waals surface area contributed by atoms with Crippen LogP contribution in [0.1, 0.15) is 59.8 Å². The fourth-order valence-electron chi connectivity index (χ4n) is 2.94. The Balaban J connectivity index is 2.43. The van der Waals surface area contributed by atoms with Crippen molar-refractivity contribution in [2.24, 2.45) is 17.8 Å². The van der Waals surface area contributed by atoms with E-state index in [0.717, 1.165) is 19.5 Å². The molecular formula is C15H29NO. The highest BCUT2D eigenvalue weighted by Gasteiger charge is 2.22. The predicted molar refractivity (Wildman–Crippen MR) is 72.8 cm³/mol. The van der Waals surface area contributed by atoms with Crippen molar-refractivity contribution in [3.63, 3.8) is 0 Å². The van der Waals surface area contributed by atoms with Crippen LogP contribution in [-0.2, 0) is 4.79 Å². The summed E-state index contributed by atoms with van der Waals surface area (Å²) in [6.07, 6.45) is 5.56. The second kappa shape index (κ2) is 7.03. The highest BCUT2D eigenvalue weighted by molar-refractivity contribution is 5.76. The van der Waals surface area contributed by atoms with Crippen LogP contribution in [0.25, 0.3) is 0 Å². The minimum absolute atomic E-state index is 0.397. The van der Waals surface area contributed by atoms with Crippen molar-refractivity contribution in [1.82, 2.24) is 4.90 Å². The third kappa shape index (κ3) is 5.56. The third-order valence-electron chi connectivity index (χ3n) is 3.53. The van der Waals surface area contributed by atoms with Gasteiger partial charge in [-0.2, -0.15) is 0 Å². The van der Waals surface area contributed by atoms with Gasteiger partial charge in [-0.1, -0.05) is 27.7 Å².